The van der Waals surface area contributed by atoms with Crippen molar-refractivity contribution in [2.24, 2.45) is 0 Å². The molecule has 1 aliphatic heterocycles. The molecular formula is C28H29N3O3. The van der Waals surface area contributed by atoms with Crippen molar-refractivity contribution in [3.63, 3.8) is 0 Å². The summed E-state index contributed by atoms with van der Waals surface area (Å²) in [7, 11) is 0. The molecule has 0 aliphatic carbocycles. The van der Waals surface area contributed by atoms with Crippen LogP contribution in [0.4, 0.5) is 5.69 Å². The molecule has 1 N–H and O–H groups in total. The minimum absolute atomic E-state index is 0.0188. The van der Waals surface area contributed by atoms with Crippen LogP contribution in [0.1, 0.15) is 44.4 Å². The summed E-state index contributed by atoms with van der Waals surface area (Å²) >= 11 is 0. The topological polar surface area (TPSA) is 71.5 Å². The van der Waals surface area contributed by atoms with E-state index in [0.29, 0.717) is 23.5 Å². The lowest BCUT2D eigenvalue weighted by atomic mass is 9.87. The SMILES string of the molecule is CCOc1ccc(C2=C(Nc3ccc(C(C)(C)C)cc3)C(=O)N(Cc3cccnc3)C2=O)cc1. The Bertz CT molecular complexity index is 1210. The Kier molecular flexibility index (Phi) is 6.50. The van der Waals surface area contributed by atoms with Gasteiger partial charge >= 0.3 is 0 Å². The molecule has 1 aromatic heterocycles. The first kappa shape index (κ1) is 23.2. The predicted octanol–water partition coefficient (Wildman–Crippen LogP) is 5.17. The number of benzene rings is 2. The van der Waals surface area contributed by atoms with Gasteiger partial charge in [0.15, 0.2) is 0 Å². The molecule has 6 heteroatoms. The monoisotopic (exact) mass is 455 g/mol. The number of imide groups is 1. The minimum Gasteiger partial charge on any atom is -0.494 e. The molecular weight excluding hydrogens is 426 g/mol. The third-order valence-electron chi connectivity index (χ3n) is 5.71. The zero-order valence-corrected chi connectivity index (χ0v) is 20.0. The fraction of sp³-hybridized carbons (Fsp3) is 0.250. The van der Waals surface area contributed by atoms with Crippen molar-refractivity contribution in [2.75, 3.05) is 11.9 Å². The van der Waals surface area contributed by atoms with Crippen molar-refractivity contribution in [2.45, 2.75) is 39.7 Å². The number of anilines is 1. The fourth-order valence-corrected chi connectivity index (χ4v) is 3.86. The molecule has 0 atom stereocenters. The zero-order valence-electron chi connectivity index (χ0n) is 20.0. The van der Waals surface area contributed by atoms with E-state index in [4.69, 9.17) is 4.74 Å². The molecule has 0 fully saturated rings. The predicted molar refractivity (Wildman–Crippen MR) is 133 cm³/mol. The second kappa shape index (κ2) is 9.51. The lowest BCUT2D eigenvalue weighted by Gasteiger charge is -2.19. The van der Waals surface area contributed by atoms with Crippen molar-refractivity contribution < 1.29 is 14.3 Å². The molecule has 0 radical (unpaired) electrons. The molecule has 4 rings (SSSR count). The van der Waals surface area contributed by atoms with Gasteiger partial charge in [-0.05, 0) is 59.4 Å². The van der Waals surface area contributed by atoms with Crippen LogP contribution in [-0.2, 0) is 21.5 Å². The number of pyridine rings is 1. The van der Waals surface area contributed by atoms with Crippen LogP contribution < -0.4 is 10.1 Å². The summed E-state index contributed by atoms with van der Waals surface area (Å²) in [5.41, 5.74) is 4.00. The van der Waals surface area contributed by atoms with E-state index in [1.165, 1.54) is 10.5 Å². The third kappa shape index (κ3) is 4.86. The average Bonchev–Trinajstić information content (AvgIpc) is 3.04. The van der Waals surface area contributed by atoms with Crippen molar-refractivity contribution in [3.8, 4) is 5.75 Å². The number of ether oxygens (including phenoxy) is 1. The number of amides is 2. The minimum atomic E-state index is -0.363. The van der Waals surface area contributed by atoms with E-state index in [0.717, 1.165) is 11.3 Å². The van der Waals surface area contributed by atoms with Crippen LogP contribution in [0, 0.1) is 0 Å². The van der Waals surface area contributed by atoms with Gasteiger partial charge in [-0.2, -0.15) is 0 Å². The maximum Gasteiger partial charge on any atom is 0.278 e. The summed E-state index contributed by atoms with van der Waals surface area (Å²) in [4.78, 5) is 32.3. The molecule has 174 valence electrons. The average molecular weight is 456 g/mol. The van der Waals surface area contributed by atoms with Gasteiger partial charge in [0.2, 0.25) is 0 Å². The highest BCUT2D eigenvalue weighted by atomic mass is 16.5. The first-order valence-corrected chi connectivity index (χ1v) is 11.4. The van der Waals surface area contributed by atoms with Gasteiger partial charge in [0.1, 0.15) is 11.4 Å². The maximum absolute atomic E-state index is 13.5. The number of carbonyl (C=O) groups excluding carboxylic acids is 2. The molecule has 34 heavy (non-hydrogen) atoms. The lowest BCUT2D eigenvalue weighted by Crippen LogP contribution is -2.32. The molecule has 2 aromatic carbocycles. The van der Waals surface area contributed by atoms with Gasteiger partial charge in [0, 0.05) is 18.1 Å². The van der Waals surface area contributed by atoms with Gasteiger partial charge in [0.05, 0.1) is 18.7 Å². The summed E-state index contributed by atoms with van der Waals surface area (Å²) in [6.45, 7) is 9.07. The first-order valence-electron chi connectivity index (χ1n) is 11.4. The summed E-state index contributed by atoms with van der Waals surface area (Å²) in [5, 5.41) is 3.22. The van der Waals surface area contributed by atoms with Crippen molar-refractivity contribution >= 4 is 23.1 Å². The molecule has 2 amide bonds. The zero-order chi connectivity index (χ0) is 24.3. The van der Waals surface area contributed by atoms with E-state index in [9.17, 15) is 9.59 Å². The number of hydrogen-bond acceptors (Lipinski definition) is 5. The second-order valence-corrected chi connectivity index (χ2v) is 9.22. The summed E-state index contributed by atoms with van der Waals surface area (Å²) in [6.07, 6.45) is 3.32. The Morgan fingerprint density at radius 1 is 0.941 bits per heavy atom. The van der Waals surface area contributed by atoms with E-state index in [2.05, 4.69) is 31.1 Å². The van der Waals surface area contributed by atoms with Crippen molar-refractivity contribution in [1.82, 2.24) is 9.88 Å². The molecule has 1 aliphatic rings. The molecule has 2 heterocycles. The summed E-state index contributed by atoms with van der Waals surface area (Å²) in [5.74, 6) is 0.00702. The fourth-order valence-electron chi connectivity index (χ4n) is 3.86. The van der Waals surface area contributed by atoms with Crippen LogP contribution in [-0.4, -0.2) is 28.3 Å². The van der Waals surface area contributed by atoms with Crippen LogP contribution in [0.3, 0.4) is 0 Å². The number of carbonyl (C=O) groups is 2. The molecule has 3 aromatic rings. The van der Waals surface area contributed by atoms with Gasteiger partial charge in [0.25, 0.3) is 11.8 Å². The van der Waals surface area contributed by atoms with Gasteiger partial charge in [-0.1, -0.05) is 51.1 Å². The van der Waals surface area contributed by atoms with Crippen LogP contribution in [0.25, 0.3) is 5.57 Å². The van der Waals surface area contributed by atoms with Crippen LogP contribution in [0.15, 0.2) is 78.8 Å². The van der Waals surface area contributed by atoms with Crippen LogP contribution in [0.2, 0.25) is 0 Å². The van der Waals surface area contributed by atoms with Crippen LogP contribution >= 0.6 is 0 Å². The highest BCUT2D eigenvalue weighted by molar-refractivity contribution is 6.36. The van der Waals surface area contributed by atoms with E-state index in [1.54, 1.807) is 18.5 Å². The number of nitrogens with zero attached hydrogens (tertiary/aromatic N) is 2. The lowest BCUT2D eigenvalue weighted by molar-refractivity contribution is -0.137. The molecule has 0 saturated heterocycles. The maximum atomic E-state index is 13.5. The Morgan fingerprint density at radius 2 is 1.65 bits per heavy atom. The van der Waals surface area contributed by atoms with Gasteiger partial charge in [-0.25, -0.2) is 0 Å². The van der Waals surface area contributed by atoms with Crippen molar-refractivity contribution in [1.29, 1.82) is 0 Å². The number of rotatable bonds is 7. The highest BCUT2D eigenvalue weighted by Crippen LogP contribution is 2.33. The summed E-state index contributed by atoms with van der Waals surface area (Å²) < 4.78 is 5.53. The first-order chi connectivity index (χ1) is 16.3. The van der Waals surface area contributed by atoms with Gasteiger partial charge < -0.3 is 10.1 Å². The third-order valence-corrected chi connectivity index (χ3v) is 5.71. The molecule has 0 unspecified atom stereocenters. The quantitative estimate of drug-likeness (QED) is 0.498. The standard InChI is InChI=1S/C28H29N3O3/c1-5-34-23-14-8-20(9-15-23)24-25(30-22-12-10-21(11-13-22)28(2,3)4)27(33)31(26(24)32)18-19-7-6-16-29-17-19/h6-17,30H,5,18H2,1-4H3. The Morgan fingerprint density at radius 3 is 2.24 bits per heavy atom. The smallest absolute Gasteiger partial charge is 0.278 e. The largest absolute Gasteiger partial charge is 0.494 e. The Balaban J connectivity index is 1.70. The van der Waals surface area contributed by atoms with Gasteiger partial charge in [-0.15, -0.1) is 0 Å². The Labute approximate surface area is 200 Å². The number of nitrogens with one attached hydrogen (secondary N) is 1. The molecule has 0 spiro atoms. The molecule has 6 nitrogen and oxygen atoms in total. The number of hydrogen-bond donors (Lipinski definition) is 1. The van der Waals surface area contributed by atoms with E-state index >= 15 is 0 Å². The second-order valence-electron chi connectivity index (χ2n) is 9.22. The van der Waals surface area contributed by atoms with E-state index in [1.807, 2.05) is 61.5 Å². The normalized spacial score (nSPS) is 14.1. The number of aromatic nitrogens is 1. The molecule has 0 bridgehead atoms. The Hall–Kier alpha value is -3.93. The van der Waals surface area contributed by atoms with Crippen LogP contribution in [0.5, 0.6) is 5.75 Å². The van der Waals surface area contributed by atoms with E-state index in [-0.39, 0.29) is 29.5 Å². The summed E-state index contributed by atoms with van der Waals surface area (Å²) in [6, 6.07) is 18.8. The molecule has 0 saturated carbocycles. The highest BCUT2D eigenvalue weighted by Gasteiger charge is 2.39. The van der Waals surface area contributed by atoms with Crippen molar-refractivity contribution in [3.05, 3.63) is 95.4 Å². The van der Waals surface area contributed by atoms with Gasteiger partial charge in [-0.3, -0.25) is 19.5 Å². The van der Waals surface area contributed by atoms with E-state index < -0.39 is 0 Å².